The van der Waals surface area contributed by atoms with Crippen LogP contribution in [0.5, 0.6) is 0 Å². The Morgan fingerprint density at radius 1 is 1.08 bits per heavy atom. The van der Waals surface area contributed by atoms with Crippen LogP contribution in [0.25, 0.3) is 0 Å². The van der Waals surface area contributed by atoms with Crippen molar-refractivity contribution in [3.63, 3.8) is 0 Å². The van der Waals surface area contributed by atoms with Crippen LogP contribution in [0.2, 0.25) is 0 Å². The van der Waals surface area contributed by atoms with Gasteiger partial charge in [-0.2, -0.15) is 0 Å². The van der Waals surface area contributed by atoms with Gasteiger partial charge in [0.05, 0.1) is 13.1 Å². The second-order valence-electron chi connectivity index (χ2n) is 6.35. The summed E-state index contributed by atoms with van der Waals surface area (Å²) in [6.45, 7) is 6.45. The number of benzene rings is 1. The molecule has 6 heteroatoms. The minimum atomic E-state index is 0. The molecule has 0 amide bonds. The van der Waals surface area contributed by atoms with Crippen LogP contribution in [-0.2, 0) is 13.1 Å². The first-order valence-electron chi connectivity index (χ1n) is 9.03. The van der Waals surface area contributed by atoms with Gasteiger partial charge in [-0.05, 0) is 37.0 Å². The third-order valence-electron chi connectivity index (χ3n) is 4.43. The molecule has 1 aromatic heterocycles. The van der Waals surface area contributed by atoms with Gasteiger partial charge in [0.1, 0.15) is 0 Å². The van der Waals surface area contributed by atoms with Gasteiger partial charge in [0, 0.05) is 31.9 Å². The first kappa shape index (κ1) is 20.5. The molecule has 140 valence electrons. The van der Waals surface area contributed by atoms with E-state index in [0.717, 1.165) is 31.2 Å². The highest BCUT2D eigenvalue weighted by Crippen LogP contribution is 2.10. The van der Waals surface area contributed by atoms with Crippen LogP contribution in [-0.4, -0.2) is 35.1 Å². The molecule has 1 aromatic carbocycles. The molecule has 1 saturated heterocycles. The SMILES string of the molecule is CCNC(=NCc1ccc(Cn2ccccc2=O)cc1)N1CCCC1.I. The topological polar surface area (TPSA) is 49.6 Å². The van der Waals surface area contributed by atoms with E-state index in [1.54, 1.807) is 16.7 Å². The Labute approximate surface area is 172 Å². The Morgan fingerprint density at radius 3 is 2.42 bits per heavy atom. The lowest BCUT2D eigenvalue weighted by molar-refractivity contribution is 0.493. The van der Waals surface area contributed by atoms with Crippen LogP contribution in [0, 0.1) is 0 Å². The van der Waals surface area contributed by atoms with E-state index in [9.17, 15) is 4.79 Å². The van der Waals surface area contributed by atoms with E-state index in [0.29, 0.717) is 13.1 Å². The minimum Gasteiger partial charge on any atom is -0.357 e. The molecular formula is C20H27IN4O. The molecule has 0 aliphatic carbocycles. The highest BCUT2D eigenvalue weighted by molar-refractivity contribution is 14.0. The van der Waals surface area contributed by atoms with Crippen LogP contribution >= 0.6 is 24.0 Å². The summed E-state index contributed by atoms with van der Waals surface area (Å²) in [6, 6.07) is 13.6. The molecule has 0 unspecified atom stereocenters. The minimum absolute atomic E-state index is 0. The number of aromatic nitrogens is 1. The lowest BCUT2D eigenvalue weighted by Gasteiger charge is -2.20. The van der Waals surface area contributed by atoms with E-state index >= 15 is 0 Å². The molecule has 2 aromatic rings. The number of halogens is 1. The summed E-state index contributed by atoms with van der Waals surface area (Å²) < 4.78 is 1.71. The molecule has 0 saturated carbocycles. The largest absolute Gasteiger partial charge is 0.357 e. The van der Waals surface area contributed by atoms with E-state index in [-0.39, 0.29) is 29.5 Å². The van der Waals surface area contributed by atoms with E-state index in [4.69, 9.17) is 4.99 Å². The molecule has 1 fully saturated rings. The predicted octanol–water partition coefficient (Wildman–Crippen LogP) is 3.08. The van der Waals surface area contributed by atoms with Crippen LogP contribution < -0.4 is 10.9 Å². The average molecular weight is 466 g/mol. The molecule has 0 radical (unpaired) electrons. The number of hydrogen-bond donors (Lipinski definition) is 1. The summed E-state index contributed by atoms with van der Waals surface area (Å²) in [5.74, 6) is 1.01. The van der Waals surface area contributed by atoms with Gasteiger partial charge in [-0.15, -0.1) is 24.0 Å². The molecular weight excluding hydrogens is 439 g/mol. The molecule has 5 nitrogen and oxygen atoms in total. The summed E-state index contributed by atoms with van der Waals surface area (Å²) in [6.07, 6.45) is 4.31. The van der Waals surface area contributed by atoms with Gasteiger partial charge in [-0.3, -0.25) is 4.79 Å². The highest BCUT2D eigenvalue weighted by atomic mass is 127. The van der Waals surface area contributed by atoms with Crippen molar-refractivity contribution in [2.45, 2.75) is 32.9 Å². The molecule has 1 aliphatic heterocycles. The van der Waals surface area contributed by atoms with Crippen molar-refractivity contribution in [1.82, 2.24) is 14.8 Å². The molecule has 3 rings (SSSR count). The van der Waals surface area contributed by atoms with Crippen molar-refractivity contribution < 1.29 is 0 Å². The summed E-state index contributed by atoms with van der Waals surface area (Å²) in [7, 11) is 0. The summed E-state index contributed by atoms with van der Waals surface area (Å²) in [5, 5.41) is 3.38. The van der Waals surface area contributed by atoms with Crippen molar-refractivity contribution >= 4 is 29.9 Å². The van der Waals surface area contributed by atoms with E-state index in [2.05, 4.69) is 41.4 Å². The normalized spacial score (nSPS) is 14.2. The quantitative estimate of drug-likeness (QED) is 0.419. The van der Waals surface area contributed by atoms with Gasteiger partial charge in [0.25, 0.3) is 5.56 Å². The van der Waals surface area contributed by atoms with Crippen LogP contribution in [0.15, 0.2) is 58.4 Å². The molecule has 2 heterocycles. The van der Waals surface area contributed by atoms with Gasteiger partial charge >= 0.3 is 0 Å². The number of aliphatic imine (C=N–C) groups is 1. The summed E-state index contributed by atoms with van der Waals surface area (Å²) in [5.41, 5.74) is 2.32. The fraction of sp³-hybridized carbons (Fsp3) is 0.400. The molecule has 26 heavy (non-hydrogen) atoms. The maximum absolute atomic E-state index is 11.8. The zero-order chi connectivity index (χ0) is 17.5. The van der Waals surface area contributed by atoms with Crippen LogP contribution in [0.4, 0.5) is 0 Å². The Bertz CT molecular complexity index is 764. The maximum atomic E-state index is 11.8. The first-order chi connectivity index (χ1) is 12.3. The molecule has 1 N–H and O–H groups in total. The van der Waals surface area contributed by atoms with E-state index in [1.807, 2.05) is 12.3 Å². The number of guanidine groups is 1. The van der Waals surface area contributed by atoms with Crippen molar-refractivity contribution in [2.75, 3.05) is 19.6 Å². The Balaban J connectivity index is 0.00000243. The lowest BCUT2D eigenvalue weighted by Crippen LogP contribution is -2.39. The predicted molar refractivity (Wildman–Crippen MR) is 117 cm³/mol. The highest BCUT2D eigenvalue weighted by Gasteiger charge is 2.15. The van der Waals surface area contributed by atoms with Gasteiger partial charge in [0.2, 0.25) is 0 Å². The zero-order valence-corrected chi connectivity index (χ0v) is 17.6. The fourth-order valence-corrected chi connectivity index (χ4v) is 3.06. The Morgan fingerprint density at radius 2 is 1.77 bits per heavy atom. The number of likely N-dealkylation sites (tertiary alicyclic amines) is 1. The Kier molecular flexibility index (Phi) is 8.15. The van der Waals surface area contributed by atoms with Crippen molar-refractivity contribution in [2.24, 2.45) is 4.99 Å². The third kappa shape index (κ3) is 5.59. The molecule has 0 atom stereocenters. The Hall–Kier alpha value is -1.83. The van der Waals surface area contributed by atoms with E-state index < -0.39 is 0 Å². The van der Waals surface area contributed by atoms with Gasteiger partial charge in [-0.1, -0.05) is 30.3 Å². The average Bonchev–Trinajstić information content (AvgIpc) is 3.16. The molecule has 0 bridgehead atoms. The van der Waals surface area contributed by atoms with Gasteiger partial charge < -0.3 is 14.8 Å². The first-order valence-corrected chi connectivity index (χ1v) is 9.03. The second kappa shape index (κ2) is 10.4. The standard InChI is InChI=1S/C20H26N4O.HI/c1-2-21-20(23-12-5-6-13-23)22-15-17-8-10-18(11-9-17)16-24-14-4-3-7-19(24)25;/h3-4,7-11,14H,2,5-6,12-13,15-16H2,1H3,(H,21,22);1H. The van der Waals surface area contributed by atoms with Gasteiger partial charge in [-0.25, -0.2) is 4.99 Å². The van der Waals surface area contributed by atoms with Crippen molar-refractivity contribution in [3.05, 3.63) is 70.1 Å². The number of rotatable bonds is 5. The smallest absolute Gasteiger partial charge is 0.250 e. The summed E-state index contributed by atoms with van der Waals surface area (Å²) in [4.78, 5) is 18.9. The van der Waals surface area contributed by atoms with Crippen molar-refractivity contribution in [1.29, 1.82) is 0 Å². The van der Waals surface area contributed by atoms with E-state index in [1.165, 1.54) is 18.4 Å². The number of nitrogens with one attached hydrogen (secondary N) is 1. The van der Waals surface area contributed by atoms with Crippen LogP contribution in [0.3, 0.4) is 0 Å². The molecule has 1 aliphatic rings. The van der Waals surface area contributed by atoms with Crippen LogP contribution in [0.1, 0.15) is 30.9 Å². The monoisotopic (exact) mass is 466 g/mol. The maximum Gasteiger partial charge on any atom is 0.250 e. The van der Waals surface area contributed by atoms with Gasteiger partial charge in [0.15, 0.2) is 5.96 Å². The number of pyridine rings is 1. The fourth-order valence-electron chi connectivity index (χ4n) is 3.06. The second-order valence-corrected chi connectivity index (χ2v) is 6.35. The van der Waals surface area contributed by atoms with Crippen molar-refractivity contribution in [3.8, 4) is 0 Å². The number of nitrogens with zero attached hydrogens (tertiary/aromatic N) is 3. The lowest BCUT2D eigenvalue weighted by atomic mass is 10.1. The third-order valence-corrected chi connectivity index (χ3v) is 4.43. The number of hydrogen-bond acceptors (Lipinski definition) is 2. The zero-order valence-electron chi connectivity index (χ0n) is 15.2. The summed E-state index contributed by atoms with van der Waals surface area (Å²) >= 11 is 0. The molecule has 0 spiro atoms.